The maximum Gasteiger partial charge on any atom is 0.346 e. The van der Waals surface area contributed by atoms with Gasteiger partial charge in [-0.25, -0.2) is 9.59 Å². The van der Waals surface area contributed by atoms with Crippen molar-refractivity contribution < 1.29 is 19.8 Å². The standard InChI is InChI=1S/C44H29N3O4S/c45-28-35(43(48)49)25-30-11-17-37(18-12-30)47(39-21-15-34(16-22-39)42-24-23-40(52-42)27-36(29-46)44(50)51)38-19-13-31(14-20-38)26-41(32-7-3-1-4-8-32)33-9-5-2-6-10-33/h1-27H,(H,48,49)(H,50,51)/b35-25+,36-27+. The molecule has 250 valence electrons. The first-order valence-corrected chi connectivity index (χ1v) is 16.9. The van der Waals surface area contributed by atoms with Gasteiger partial charge in [0, 0.05) is 26.8 Å². The van der Waals surface area contributed by atoms with E-state index in [4.69, 9.17) is 5.26 Å². The summed E-state index contributed by atoms with van der Waals surface area (Å²) in [6.07, 6.45) is 4.87. The van der Waals surface area contributed by atoms with Gasteiger partial charge in [-0.1, -0.05) is 97.1 Å². The predicted molar refractivity (Wildman–Crippen MR) is 207 cm³/mol. The first-order chi connectivity index (χ1) is 25.3. The highest BCUT2D eigenvalue weighted by molar-refractivity contribution is 7.16. The highest BCUT2D eigenvalue weighted by Crippen LogP contribution is 2.38. The third-order valence-corrected chi connectivity index (χ3v) is 9.20. The molecule has 0 atom stereocenters. The molecule has 5 aromatic carbocycles. The van der Waals surface area contributed by atoms with E-state index in [1.54, 1.807) is 30.3 Å². The van der Waals surface area contributed by atoms with Crippen LogP contribution < -0.4 is 4.90 Å². The number of carboxylic acid groups (broad SMARTS) is 2. The molecule has 0 aliphatic heterocycles. The molecule has 0 unspecified atom stereocenters. The van der Waals surface area contributed by atoms with Gasteiger partial charge < -0.3 is 15.1 Å². The van der Waals surface area contributed by atoms with Crippen LogP contribution in [0.2, 0.25) is 0 Å². The Bertz CT molecular complexity index is 2360. The van der Waals surface area contributed by atoms with Crippen molar-refractivity contribution >= 4 is 64.1 Å². The summed E-state index contributed by atoms with van der Waals surface area (Å²) >= 11 is 1.39. The Morgan fingerprint density at radius 2 is 0.981 bits per heavy atom. The number of thiophene rings is 1. The van der Waals surface area contributed by atoms with E-state index < -0.39 is 11.9 Å². The highest BCUT2D eigenvalue weighted by Gasteiger charge is 2.15. The summed E-state index contributed by atoms with van der Waals surface area (Å²) in [7, 11) is 0. The highest BCUT2D eigenvalue weighted by atomic mass is 32.1. The average Bonchev–Trinajstić information content (AvgIpc) is 3.65. The van der Waals surface area contributed by atoms with E-state index in [0.717, 1.165) is 49.8 Å². The smallest absolute Gasteiger partial charge is 0.346 e. The van der Waals surface area contributed by atoms with Gasteiger partial charge in [-0.3, -0.25) is 0 Å². The Hall–Kier alpha value is -7.26. The zero-order valence-electron chi connectivity index (χ0n) is 27.5. The van der Waals surface area contributed by atoms with E-state index >= 15 is 0 Å². The van der Waals surface area contributed by atoms with Crippen molar-refractivity contribution in [2.24, 2.45) is 0 Å². The second-order valence-electron chi connectivity index (χ2n) is 11.5. The lowest BCUT2D eigenvalue weighted by molar-refractivity contribution is -0.133. The number of aliphatic carboxylic acids is 2. The second kappa shape index (κ2) is 16.0. The topological polar surface area (TPSA) is 125 Å². The number of nitrogens with zero attached hydrogens (tertiary/aromatic N) is 3. The van der Waals surface area contributed by atoms with Crippen LogP contribution in [-0.2, 0) is 9.59 Å². The largest absolute Gasteiger partial charge is 0.477 e. The van der Waals surface area contributed by atoms with Crippen LogP contribution in [0.15, 0.2) is 157 Å². The summed E-state index contributed by atoms with van der Waals surface area (Å²) in [5.41, 5.74) is 7.73. The van der Waals surface area contributed by atoms with Crippen LogP contribution in [0.25, 0.3) is 34.2 Å². The fraction of sp³-hybridized carbons (Fsp3) is 0. The number of benzene rings is 5. The molecule has 52 heavy (non-hydrogen) atoms. The SMILES string of the molecule is N#C/C(=C\c1ccc(N(c2ccc(C=C(c3ccccc3)c3ccccc3)cc2)c2ccc(-c3ccc(/C=C(\C#N)C(=O)O)s3)cc2)cc1)C(=O)O. The molecule has 1 aromatic heterocycles. The quantitative estimate of drug-likeness (QED) is 0.0785. The number of hydrogen-bond donors (Lipinski definition) is 2. The average molecular weight is 696 g/mol. The fourth-order valence-electron chi connectivity index (χ4n) is 5.57. The lowest BCUT2D eigenvalue weighted by Gasteiger charge is -2.26. The number of hydrogen-bond acceptors (Lipinski definition) is 6. The molecule has 0 fully saturated rings. The molecule has 7 nitrogen and oxygen atoms in total. The number of rotatable bonds is 11. The van der Waals surface area contributed by atoms with Gasteiger partial charge >= 0.3 is 11.9 Å². The second-order valence-corrected chi connectivity index (χ2v) is 12.6. The summed E-state index contributed by atoms with van der Waals surface area (Å²) in [6.45, 7) is 0. The normalized spacial score (nSPS) is 11.2. The van der Waals surface area contributed by atoms with E-state index in [-0.39, 0.29) is 11.1 Å². The molecule has 0 saturated heterocycles. The number of carbonyl (C=O) groups is 2. The minimum atomic E-state index is -1.29. The molecule has 0 spiro atoms. The molecule has 0 radical (unpaired) electrons. The van der Waals surface area contributed by atoms with Crippen molar-refractivity contribution in [3.63, 3.8) is 0 Å². The van der Waals surface area contributed by atoms with E-state index in [9.17, 15) is 25.1 Å². The van der Waals surface area contributed by atoms with Crippen molar-refractivity contribution in [1.29, 1.82) is 10.5 Å². The van der Waals surface area contributed by atoms with Crippen LogP contribution in [0.5, 0.6) is 0 Å². The summed E-state index contributed by atoms with van der Waals surface area (Å²) in [5.74, 6) is -2.55. The molecular formula is C44H29N3O4S. The summed E-state index contributed by atoms with van der Waals surface area (Å²) in [4.78, 5) is 26.4. The summed E-state index contributed by atoms with van der Waals surface area (Å²) in [6, 6.07) is 51.1. The molecule has 0 aliphatic carbocycles. The number of carboxylic acids is 2. The molecule has 6 aromatic rings. The van der Waals surface area contributed by atoms with Gasteiger partial charge in [-0.15, -0.1) is 11.3 Å². The van der Waals surface area contributed by atoms with Gasteiger partial charge in [0.1, 0.15) is 23.3 Å². The van der Waals surface area contributed by atoms with Crippen molar-refractivity contribution in [2.45, 2.75) is 0 Å². The van der Waals surface area contributed by atoms with Crippen LogP contribution in [0.1, 0.15) is 27.1 Å². The molecule has 2 N–H and O–H groups in total. The Kier molecular flexibility index (Phi) is 10.6. The van der Waals surface area contributed by atoms with Crippen molar-refractivity contribution in [3.8, 4) is 22.6 Å². The van der Waals surface area contributed by atoms with Crippen molar-refractivity contribution in [1.82, 2.24) is 0 Å². The fourth-order valence-corrected chi connectivity index (χ4v) is 6.53. The van der Waals surface area contributed by atoms with Gasteiger partial charge in [0.15, 0.2) is 0 Å². The molecule has 8 heteroatoms. The van der Waals surface area contributed by atoms with Crippen LogP contribution in [0.4, 0.5) is 17.1 Å². The Labute approximate surface area is 304 Å². The van der Waals surface area contributed by atoms with Gasteiger partial charge in [0.2, 0.25) is 0 Å². The minimum absolute atomic E-state index is 0.328. The van der Waals surface area contributed by atoms with E-state index in [2.05, 4.69) is 47.4 Å². The zero-order chi connectivity index (χ0) is 36.5. The van der Waals surface area contributed by atoms with E-state index in [1.165, 1.54) is 23.5 Å². The molecule has 0 bridgehead atoms. The lowest BCUT2D eigenvalue weighted by atomic mass is 9.95. The third-order valence-electron chi connectivity index (χ3n) is 8.12. The van der Waals surface area contributed by atoms with Crippen LogP contribution in [0.3, 0.4) is 0 Å². The third kappa shape index (κ3) is 8.12. The first-order valence-electron chi connectivity index (χ1n) is 16.1. The van der Waals surface area contributed by atoms with Crippen LogP contribution in [0, 0.1) is 22.7 Å². The van der Waals surface area contributed by atoms with Gasteiger partial charge in [0.25, 0.3) is 0 Å². The van der Waals surface area contributed by atoms with Crippen molar-refractivity contribution in [3.05, 3.63) is 184 Å². The van der Waals surface area contributed by atoms with E-state index in [0.29, 0.717) is 10.4 Å². The molecule has 0 amide bonds. The molecule has 0 aliphatic rings. The molecular weight excluding hydrogens is 667 g/mol. The van der Waals surface area contributed by atoms with Gasteiger partial charge in [-0.2, -0.15) is 10.5 Å². The Balaban J connectivity index is 1.37. The lowest BCUT2D eigenvalue weighted by Crippen LogP contribution is -2.09. The molecule has 6 rings (SSSR count). The van der Waals surface area contributed by atoms with Crippen molar-refractivity contribution in [2.75, 3.05) is 4.90 Å². The Morgan fingerprint density at radius 1 is 0.538 bits per heavy atom. The van der Waals surface area contributed by atoms with Crippen LogP contribution in [-0.4, -0.2) is 22.2 Å². The predicted octanol–water partition coefficient (Wildman–Crippen LogP) is 10.5. The van der Waals surface area contributed by atoms with E-state index in [1.807, 2.05) is 91.0 Å². The zero-order valence-corrected chi connectivity index (χ0v) is 28.4. The molecule has 1 heterocycles. The molecule has 0 saturated carbocycles. The first kappa shape index (κ1) is 34.6. The summed E-state index contributed by atoms with van der Waals surface area (Å²) < 4.78 is 0. The maximum atomic E-state index is 11.4. The van der Waals surface area contributed by atoms with Gasteiger partial charge in [-0.05, 0) is 100 Å². The summed E-state index contributed by atoms with van der Waals surface area (Å²) in [5, 5.41) is 36.9. The Morgan fingerprint density at radius 3 is 1.44 bits per heavy atom. The maximum absolute atomic E-state index is 11.4. The monoisotopic (exact) mass is 695 g/mol. The van der Waals surface area contributed by atoms with Crippen LogP contribution >= 0.6 is 11.3 Å². The minimum Gasteiger partial charge on any atom is -0.477 e. The number of anilines is 3. The van der Waals surface area contributed by atoms with Gasteiger partial charge in [0.05, 0.1) is 0 Å². The number of nitriles is 2.